The van der Waals surface area contributed by atoms with Gasteiger partial charge in [-0.1, -0.05) is 0 Å². The molecule has 0 spiro atoms. The van der Waals surface area contributed by atoms with Gasteiger partial charge < -0.3 is 20.1 Å². The second-order valence-corrected chi connectivity index (χ2v) is 9.73. The number of anilines is 4. The van der Waals surface area contributed by atoms with Gasteiger partial charge in [0.15, 0.2) is 17.5 Å². The number of nitrogens with one attached hydrogen (secondary N) is 3. The number of halogens is 1. The number of pyridine rings is 1. The molecule has 4 aromatic rings. The Bertz CT molecular complexity index is 1650. The molecule has 1 aromatic heterocycles. The number of carbonyl (C=O) groups is 3. The van der Waals surface area contributed by atoms with Gasteiger partial charge in [0.25, 0.3) is 11.8 Å². The van der Waals surface area contributed by atoms with E-state index in [2.05, 4.69) is 21.0 Å². The van der Waals surface area contributed by atoms with Crippen molar-refractivity contribution < 1.29 is 28.2 Å². The second kappa shape index (κ2) is 11.7. The number of urea groups is 1. The third-order valence-electron chi connectivity index (χ3n) is 6.67. The Kier molecular flexibility index (Phi) is 7.89. The average molecular weight is 573 g/mol. The third kappa shape index (κ3) is 5.52. The van der Waals surface area contributed by atoms with Crippen molar-refractivity contribution in [2.75, 3.05) is 29.8 Å². The molecule has 42 heavy (non-hydrogen) atoms. The first-order chi connectivity index (χ1) is 20.2. The summed E-state index contributed by atoms with van der Waals surface area (Å²) in [6.07, 6.45) is 1.68. The molecule has 1 fully saturated rings. The van der Waals surface area contributed by atoms with Crippen LogP contribution >= 0.6 is 0 Å². The number of rotatable bonds is 8. The molecule has 1 aliphatic heterocycles. The summed E-state index contributed by atoms with van der Waals surface area (Å²) >= 11 is 0. The molecule has 11 nitrogen and oxygen atoms in total. The Morgan fingerprint density at radius 3 is 2.24 bits per heavy atom. The highest BCUT2D eigenvalue weighted by Gasteiger charge is 2.44. The molecule has 216 valence electrons. The number of fused-ring (bicyclic) bond motifs is 1. The number of hydrogen-bond donors (Lipinski definition) is 3. The molecule has 1 aliphatic rings. The molecular formula is C30H29FN6O5. The predicted molar refractivity (Wildman–Crippen MR) is 156 cm³/mol. The Morgan fingerprint density at radius 2 is 1.60 bits per heavy atom. The molecule has 0 bridgehead atoms. The summed E-state index contributed by atoms with van der Waals surface area (Å²) in [5.74, 6) is -0.815. The maximum Gasteiger partial charge on any atom is 0.346 e. The van der Waals surface area contributed by atoms with E-state index < -0.39 is 29.7 Å². The lowest BCUT2D eigenvalue weighted by Crippen LogP contribution is -2.70. The van der Waals surface area contributed by atoms with Gasteiger partial charge in [0.05, 0.1) is 25.4 Å². The van der Waals surface area contributed by atoms with Crippen molar-refractivity contribution in [3.05, 3.63) is 78.7 Å². The predicted octanol–water partition coefficient (Wildman–Crippen LogP) is 4.82. The molecule has 5 rings (SSSR count). The van der Waals surface area contributed by atoms with Crippen LogP contribution in [0.15, 0.2) is 72.9 Å². The molecule has 1 saturated heterocycles. The number of ether oxygens (including phenoxy) is 2. The SMILES string of the molecule is COc1cc2nccc(Nc3ccc(NC(=O)C4NN(C(C)C)C(=O)N(c5ccc(F)cc5)C4=O)cc3)c2cc1OC. The standard InChI is InChI=1S/C30H29FN6O5/c1-17(2)37-30(40)36(21-11-5-18(31)6-12-21)29(39)27(35-37)28(38)34-20-9-7-19(8-10-20)33-23-13-14-32-24-16-26(42-4)25(41-3)15-22(23)24/h5-17,27,35H,1-4H3,(H,32,33)(H,34,38). The summed E-state index contributed by atoms with van der Waals surface area (Å²) in [5.41, 5.74) is 5.57. The minimum Gasteiger partial charge on any atom is -0.493 e. The summed E-state index contributed by atoms with van der Waals surface area (Å²) in [6.45, 7) is 3.48. The molecule has 0 radical (unpaired) electrons. The van der Waals surface area contributed by atoms with Crippen molar-refractivity contribution in [2.24, 2.45) is 0 Å². The number of amides is 4. The van der Waals surface area contributed by atoms with Gasteiger partial charge in [0.2, 0.25) is 0 Å². The number of hydrazine groups is 1. The van der Waals surface area contributed by atoms with Crippen LogP contribution in [0, 0.1) is 5.82 Å². The van der Waals surface area contributed by atoms with Gasteiger partial charge in [0, 0.05) is 40.8 Å². The Hall–Kier alpha value is -5.23. The number of hydrogen-bond acceptors (Lipinski definition) is 8. The molecule has 4 amide bonds. The van der Waals surface area contributed by atoms with Crippen molar-refractivity contribution in [2.45, 2.75) is 25.9 Å². The summed E-state index contributed by atoms with van der Waals surface area (Å²) in [7, 11) is 3.13. The van der Waals surface area contributed by atoms with Gasteiger partial charge in [-0.15, -0.1) is 0 Å². The minimum absolute atomic E-state index is 0.159. The topological polar surface area (TPSA) is 125 Å². The Balaban J connectivity index is 1.33. The number of aromatic nitrogens is 1. The fourth-order valence-corrected chi connectivity index (χ4v) is 4.54. The van der Waals surface area contributed by atoms with E-state index in [1.807, 2.05) is 12.1 Å². The highest BCUT2D eigenvalue weighted by atomic mass is 19.1. The molecular weight excluding hydrogens is 543 g/mol. The van der Waals surface area contributed by atoms with Gasteiger partial charge in [-0.05, 0) is 74.5 Å². The van der Waals surface area contributed by atoms with E-state index in [0.717, 1.165) is 39.3 Å². The Morgan fingerprint density at radius 1 is 0.952 bits per heavy atom. The van der Waals surface area contributed by atoms with Crippen LogP contribution in [0.4, 0.5) is 31.9 Å². The maximum atomic E-state index is 13.5. The van der Waals surface area contributed by atoms with Crippen molar-refractivity contribution in [3.63, 3.8) is 0 Å². The van der Waals surface area contributed by atoms with Crippen LogP contribution in [0.25, 0.3) is 10.9 Å². The van der Waals surface area contributed by atoms with Crippen LogP contribution in [0.3, 0.4) is 0 Å². The van der Waals surface area contributed by atoms with Crippen LogP contribution in [0.1, 0.15) is 13.8 Å². The van der Waals surface area contributed by atoms with E-state index in [-0.39, 0.29) is 11.7 Å². The largest absolute Gasteiger partial charge is 0.493 e. The van der Waals surface area contributed by atoms with Crippen LogP contribution < -0.4 is 30.4 Å². The van der Waals surface area contributed by atoms with Crippen LogP contribution in [0.5, 0.6) is 11.5 Å². The lowest BCUT2D eigenvalue weighted by molar-refractivity contribution is -0.131. The first-order valence-electron chi connectivity index (χ1n) is 13.1. The molecule has 1 atom stereocenters. The monoisotopic (exact) mass is 572 g/mol. The molecule has 0 aliphatic carbocycles. The highest BCUT2D eigenvalue weighted by Crippen LogP contribution is 2.35. The zero-order valence-electron chi connectivity index (χ0n) is 23.3. The summed E-state index contributed by atoms with van der Waals surface area (Å²) in [6, 6.07) is 14.9. The zero-order valence-corrected chi connectivity index (χ0v) is 23.3. The minimum atomic E-state index is -1.40. The zero-order chi connectivity index (χ0) is 30.0. The summed E-state index contributed by atoms with van der Waals surface area (Å²) in [4.78, 5) is 44.9. The average Bonchev–Trinajstić information content (AvgIpc) is 2.98. The fraction of sp³-hybridized carbons (Fsp3) is 0.200. The smallest absolute Gasteiger partial charge is 0.346 e. The first-order valence-corrected chi connectivity index (χ1v) is 13.1. The van der Waals surface area contributed by atoms with Crippen LogP contribution in [0.2, 0.25) is 0 Å². The highest BCUT2D eigenvalue weighted by molar-refractivity contribution is 6.25. The van der Waals surface area contributed by atoms with Crippen molar-refractivity contribution in [1.29, 1.82) is 0 Å². The second-order valence-electron chi connectivity index (χ2n) is 9.73. The number of carbonyl (C=O) groups excluding carboxylic acids is 3. The lowest BCUT2D eigenvalue weighted by atomic mass is 10.1. The molecule has 2 heterocycles. The van der Waals surface area contributed by atoms with E-state index in [1.165, 1.54) is 17.1 Å². The molecule has 3 N–H and O–H groups in total. The molecule has 1 unspecified atom stereocenters. The van der Waals surface area contributed by atoms with E-state index in [1.54, 1.807) is 64.6 Å². The van der Waals surface area contributed by atoms with Gasteiger partial charge in [-0.2, -0.15) is 0 Å². The van der Waals surface area contributed by atoms with E-state index in [9.17, 15) is 18.8 Å². The van der Waals surface area contributed by atoms with Crippen molar-refractivity contribution in [3.8, 4) is 11.5 Å². The normalized spacial score (nSPS) is 15.2. The number of methoxy groups -OCH3 is 2. The van der Waals surface area contributed by atoms with Gasteiger partial charge in [-0.25, -0.2) is 19.5 Å². The third-order valence-corrected chi connectivity index (χ3v) is 6.67. The summed E-state index contributed by atoms with van der Waals surface area (Å²) in [5, 5.41) is 8.10. The number of nitrogens with zero attached hydrogens (tertiary/aromatic N) is 3. The van der Waals surface area contributed by atoms with Crippen LogP contribution in [-0.2, 0) is 9.59 Å². The number of imide groups is 1. The van der Waals surface area contributed by atoms with Gasteiger partial charge in [0.1, 0.15) is 5.82 Å². The summed E-state index contributed by atoms with van der Waals surface area (Å²) < 4.78 is 24.3. The van der Waals surface area contributed by atoms with E-state index in [4.69, 9.17) is 9.47 Å². The number of benzene rings is 3. The molecule has 3 aromatic carbocycles. The first kappa shape index (κ1) is 28.3. The maximum absolute atomic E-state index is 13.5. The quantitative estimate of drug-likeness (QED) is 0.257. The molecule has 12 heteroatoms. The van der Waals surface area contributed by atoms with Crippen molar-refractivity contribution in [1.82, 2.24) is 15.4 Å². The van der Waals surface area contributed by atoms with Gasteiger partial charge >= 0.3 is 6.03 Å². The van der Waals surface area contributed by atoms with E-state index in [0.29, 0.717) is 17.2 Å². The van der Waals surface area contributed by atoms with Crippen molar-refractivity contribution >= 4 is 51.5 Å². The lowest BCUT2D eigenvalue weighted by Gasteiger charge is -2.40. The Labute approximate surface area is 241 Å². The van der Waals surface area contributed by atoms with E-state index >= 15 is 0 Å². The van der Waals surface area contributed by atoms with Gasteiger partial charge in [-0.3, -0.25) is 19.6 Å². The molecule has 0 saturated carbocycles. The van der Waals surface area contributed by atoms with Crippen LogP contribution in [-0.4, -0.2) is 54.1 Å². The fourth-order valence-electron chi connectivity index (χ4n) is 4.54.